The van der Waals surface area contributed by atoms with Gasteiger partial charge in [0.2, 0.25) is 5.91 Å². The van der Waals surface area contributed by atoms with Crippen LogP contribution < -0.4 is 10.1 Å². The number of hydrogen-bond donors (Lipinski definition) is 1. The maximum atomic E-state index is 12.2. The minimum atomic E-state index is -0.0162. The van der Waals surface area contributed by atoms with Gasteiger partial charge in [-0.2, -0.15) is 0 Å². The van der Waals surface area contributed by atoms with E-state index >= 15 is 0 Å². The van der Waals surface area contributed by atoms with Gasteiger partial charge in [-0.1, -0.05) is 0 Å². The molecule has 0 spiro atoms. The van der Waals surface area contributed by atoms with Crippen LogP contribution in [0.1, 0.15) is 5.69 Å². The van der Waals surface area contributed by atoms with Crippen LogP contribution >= 0.6 is 11.3 Å². The van der Waals surface area contributed by atoms with Gasteiger partial charge in [0, 0.05) is 48.0 Å². The summed E-state index contributed by atoms with van der Waals surface area (Å²) < 4.78 is 9.32. The highest BCUT2D eigenvalue weighted by Gasteiger charge is 2.09. The van der Waals surface area contributed by atoms with Crippen LogP contribution in [-0.4, -0.2) is 33.7 Å². The number of benzene rings is 1. The van der Waals surface area contributed by atoms with Crippen molar-refractivity contribution in [1.29, 1.82) is 0 Å². The summed E-state index contributed by atoms with van der Waals surface area (Å²) in [6.07, 6.45) is 6.21. The summed E-state index contributed by atoms with van der Waals surface area (Å²) in [6, 6.07) is 12.0. The molecule has 138 valence electrons. The molecule has 7 heteroatoms. The summed E-state index contributed by atoms with van der Waals surface area (Å²) in [4.78, 5) is 16.7. The molecule has 1 aromatic carbocycles. The molecule has 1 N–H and O–H groups in total. The van der Waals surface area contributed by atoms with Crippen molar-refractivity contribution >= 4 is 28.1 Å². The average molecular weight is 380 g/mol. The number of carbonyl (C=O) groups is 1. The molecule has 6 nitrogen and oxygen atoms in total. The lowest BCUT2D eigenvalue weighted by atomic mass is 10.2. The van der Waals surface area contributed by atoms with E-state index in [4.69, 9.17) is 4.74 Å². The molecule has 0 aliphatic heterocycles. The van der Waals surface area contributed by atoms with Gasteiger partial charge >= 0.3 is 0 Å². The minimum Gasteiger partial charge on any atom is -0.497 e. The number of nitrogens with one attached hydrogen (secondary N) is 1. The fourth-order valence-corrected chi connectivity index (χ4v) is 3.79. The summed E-state index contributed by atoms with van der Waals surface area (Å²) in [5.74, 6) is 0.827. The smallest absolute Gasteiger partial charge is 0.226 e. The van der Waals surface area contributed by atoms with Crippen molar-refractivity contribution in [1.82, 2.24) is 19.4 Å². The number of ether oxygens (including phenoxy) is 1. The molecule has 1 amide bonds. The molecule has 0 atom stereocenters. The lowest BCUT2D eigenvalue weighted by Gasteiger charge is -2.08. The lowest BCUT2D eigenvalue weighted by molar-refractivity contribution is -0.120. The second-order valence-electron chi connectivity index (χ2n) is 6.17. The van der Waals surface area contributed by atoms with E-state index in [-0.39, 0.29) is 5.91 Å². The SMILES string of the molecule is COc1ccc2c(ccn2CCNC(=O)Cc2csc(-n3cccc3)n2)c1. The summed E-state index contributed by atoms with van der Waals surface area (Å²) in [5, 5.41) is 6.90. The predicted octanol–water partition coefficient (Wildman–Crippen LogP) is 3.26. The molecule has 0 saturated heterocycles. The molecule has 0 saturated carbocycles. The van der Waals surface area contributed by atoms with E-state index in [0.717, 1.165) is 27.5 Å². The molecule has 4 aromatic rings. The van der Waals surface area contributed by atoms with Crippen molar-refractivity contribution in [2.75, 3.05) is 13.7 Å². The molecule has 3 aromatic heterocycles. The fraction of sp³-hybridized carbons (Fsp3) is 0.200. The topological polar surface area (TPSA) is 61.1 Å². The van der Waals surface area contributed by atoms with E-state index in [2.05, 4.69) is 20.9 Å². The Morgan fingerprint density at radius 3 is 2.89 bits per heavy atom. The normalized spacial score (nSPS) is 11.0. The Morgan fingerprint density at radius 2 is 2.07 bits per heavy atom. The quantitative estimate of drug-likeness (QED) is 0.535. The van der Waals surface area contributed by atoms with Crippen LogP contribution in [0.5, 0.6) is 5.75 Å². The van der Waals surface area contributed by atoms with Gasteiger partial charge in [-0.15, -0.1) is 11.3 Å². The Kier molecular flexibility index (Phi) is 4.93. The van der Waals surface area contributed by atoms with Crippen molar-refractivity contribution in [3.8, 4) is 10.9 Å². The summed E-state index contributed by atoms with van der Waals surface area (Å²) >= 11 is 1.53. The van der Waals surface area contributed by atoms with E-state index in [9.17, 15) is 4.79 Å². The van der Waals surface area contributed by atoms with Crippen molar-refractivity contribution in [2.45, 2.75) is 13.0 Å². The number of methoxy groups -OCH3 is 1. The molecule has 27 heavy (non-hydrogen) atoms. The molecule has 3 heterocycles. The van der Waals surface area contributed by atoms with Crippen LogP contribution in [0.3, 0.4) is 0 Å². The average Bonchev–Trinajstić information content (AvgIpc) is 3.42. The number of nitrogens with zero attached hydrogens (tertiary/aromatic N) is 3. The van der Waals surface area contributed by atoms with Crippen LogP contribution in [0.2, 0.25) is 0 Å². The Balaban J connectivity index is 1.31. The Labute approximate surface area is 161 Å². The molecular formula is C20H20N4O2S. The first-order chi connectivity index (χ1) is 13.2. The maximum Gasteiger partial charge on any atom is 0.226 e. The first kappa shape index (κ1) is 17.4. The zero-order chi connectivity index (χ0) is 18.6. The van der Waals surface area contributed by atoms with Gasteiger partial charge in [0.05, 0.1) is 19.2 Å². The Hall–Kier alpha value is -3.06. The standard InChI is InChI=1S/C20H20N4O2S/c1-26-17-4-5-18-15(12-17)6-10-23(18)11-7-21-19(25)13-16-14-27-20(22-16)24-8-2-3-9-24/h2-6,8-10,12,14H,7,11,13H2,1H3,(H,21,25). The highest BCUT2D eigenvalue weighted by atomic mass is 32.1. The fourth-order valence-electron chi connectivity index (χ4n) is 3.00. The third kappa shape index (κ3) is 3.88. The van der Waals surface area contributed by atoms with Gasteiger partial charge < -0.3 is 19.2 Å². The highest BCUT2D eigenvalue weighted by Crippen LogP contribution is 2.21. The first-order valence-corrected chi connectivity index (χ1v) is 9.58. The molecule has 0 aliphatic rings. The summed E-state index contributed by atoms with van der Waals surface area (Å²) in [7, 11) is 1.66. The van der Waals surface area contributed by atoms with Crippen LogP contribution in [0, 0.1) is 0 Å². The van der Waals surface area contributed by atoms with Gasteiger partial charge in [-0.05, 0) is 36.4 Å². The van der Waals surface area contributed by atoms with Crippen LogP contribution in [0.15, 0.2) is 60.4 Å². The summed E-state index contributed by atoms with van der Waals surface area (Å²) in [6.45, 7) is 1.29. The van der Waals surface area contributed by atoms with E-state index < -0.39 is 0 Å². The van der Waals surface area contributed by atoms with Crippen molar-refractivity contribution in [2.24, 2.45) is 0 Å². The van der Waals surface area contributed by atoms with Gasteiger partial charge in [0.25, 0.3) is 0 Å². The number of thiazole rings is 1. The van der Waals surface area contributed by atoms with Gasteiger partial charge in [-0.3, -0.25) is 4.79 Å². The lowest BCUT2D eigenvalue weighted by Crippen LogP contribution is -2.28. The zero-order valence-electron chi connectivity index (χ0n) is 15.0. The first-order valence-electron chi connectivity index (χ1n) is 8.70. The molecule has 0 radical (unpaired) electrons. The van der Waals surface area contributed by atoms with E-state index in [1.54, 1.807) is 7.11 Å². The Bertz CT molecular complexity index is 1050. The third-order valence-corrected chi connectivity index (χ3v) is 5.26. The zero-order valence-corrected chi connectivity index (χ0v) is 15.8. The largest absolute Gasteiger partial charge is 0.497 e. The molecule has 0 unspecified atom stereocenters. The summed E-state index contributed by atoms with van der Waals surface area (Å²) in [5.41, 5.74) is 1.92. The van der Waals surface area contributed by atoms with Crippen molar-refractivity contribution in [3.63, 3.8) is 0 Å². The van der Waals surface area contributed by atoms with E-state index in [1.165, 1.54) is 11.3 Å². The van der Waals surface area contributed by atoms with Gasteiger partial charge in [0.15, 0.2) is 5.13 Å². The monoisotopic (exact) mass is 380 g/mol. The number of carbonyl (C=O) groups excluding carboxylic acids is 1. The van der Waals surface area contributed by atoms with Crippen molar-refractivity contribution in [3.05, 3.63) is 66.1 Å². The minimum absolute atomic E-state index is 0.0162. The molecular weight excluding hydrogens is 360 g/mol. The van der Waals surface area contributed by atoms with Crippen LogP contribution in [0.25, 0.3) is 16.0 Å². The van der Waals surface area contributed by atoms with Crippen LogP contribution in [-0.2, 0) is 17.8 Å². The predicted molar refractivity (Wildman–Crippen MR) is 107 cm³/mol. The third-order valence-electron chi connectivity index (χ3n) is 4.36. The second kappa shape index (κ2) is 7.67. The number of rotatable bonds is 7. The second-order valence-corrected chi connectivity index (χ2v) is 7.01. The molecule has 0 bridgehead atoms. The molecule has 0 aliphatic carbocycles. The number of fused-ring (bicyclic) bond motifs is 1. The highest BCUT2D eigenvalue weighted by molar-refractivity contribution is 7.12. The van der Waals surface area contributed by atoms with Gasteiger partial charge in [0.1, 0.15) is 5.75 Å². The van der Waals surface area contributed by atoms with E-state index in [1.807, 2.05) is 58.9 Å². The molecule has 0 fully saturated rings. The van der Waals surface area contributed by atoms with Gasteiger partial charge in [-0.25, -0.2) is 4.98 Å². The van der Waals surface area contributed by atoms with Crippen LogP contribution in [0.4, 0.5) is 0 Å². The number of amides is 1. The number of hydrogen-bond acceptors (Lipinski definition) is 4. The maximum absolute atomic E-state index is 12.2. The number of aromatic nitrogens is 3. The molecule has 4 rings (SSSR count). The van der Waals surface area contributed by atoms with E-state index in [0.29, 0.717) is 19.5 Å². The van der Waals surface area contributed by atoms with Crippen molar-refractivity contribution < 1.29 is 9.53 Å². The Morgan fingerprint density at radius 1 is 1.22 bits per heavy atom.